The van der Waals surface area contributed by atoms with E-state index in [4.69, 9.17) is 13.9 Å². The Morgan fingerprint density at radius 2 is 1.88 bits per heavy atom. The van der Waals surface area contributed by atoms with Gasteiger partial charge in [-0.2, -0.15) is 0 Å². The lowest BCUT2D eigenvalue weighted by Gasteiger charge is -2.22. The van der Waals surface area contributed by atoms with Gasteiger partial charge in [-0.05, 0) is 55.6 Å². The third kappa shape index (κ3) is 7.90. The molecule has 2 atom stereocenters. The molecule has 0 aliphatic carbocycles. The smallest absolute Gasteiger partial charge is 0.269 e. The molecule has 0 bridgehead atoms. The standard InChI is InChI=1S/C21H31FO3Si/c1-21(2,3)14-6-7-15-26(4,5)25-20-13-12-19(24-20)16-23-18-10-8-17(22)9-11-18/h8-11,19-20H,6,12-14,16H2,1-5H3. The van der Waals surface area contributed by atoms with Crippen LogP contribution < -0.4 is 4.74 Å². The average molecular weight is 379 g/mol. The molecule has 1 aliphatic heterocycles. The van der Waals surface area contributed by atoms with E-state index in [1.165, 1.54) is 12.1 Å². The van der Waals surface area contributed by atoms with Gasteiger partial charge < -0.3 is 13.9 Å². The fourth-order valence-electron chi connectivity index (χ4n) is 2.67. The molecule has 3 nitrogen and oxygen atoms in total. The molecule has 144 valence electrons. The van der Waals surface area contributed by atoms with Crippen LogP contribution in [0, 0.1) is 22.7 Å². The first kappa shape index (κ1) is 21.0. The molecule has 0 radical (unpaired) electrons. The van der Waals surface area contributed by atoms with Crippen LogP contribution in [0.3, 0.4) is 0 Å². The fraction of sp³-hybridized carbons (Fsp3) is 0.619. The summed E-state index contributed by atoms with van der Waals surface area (Å²) in [7, 11) is -2.06. The summed E-state index contributed by atoms with van der Waals surface area (Å²) in [5, 5.41) is 0. The first-order chi connectivity index (χ1) is 12.1. The highest BCUT2D eigenvalue weighted by molar-refractivity contribution is 6.79. The Bertz CT molecular complexity index is 625. The Balaban J connectivity index is 1.73. The highest BCUT2D eigenvalue weighted by Gasteiger charge is 2.32. The third-order valence-electron chi connectivity index (χ3n) is 4.13. The van der Waals surface area contributed by atoms with Crippen LogP contribution in [0.1, 0.15) is 46.5 Å². The van der Waals surface area contributed by atoms with E-state index in [-0.39, 0.29) is 18.2 Å². The quantitative estimate of drug-likeness (QED) is 0.496. The Kier molecular flexibility index (Phi) is 7.28. The normalized spacial score (nSPS) is 20.5. The summed E-state index contributed by atoms with van der Waals surface area (Å²) in [5.41, 5.74) is 3.67. The van der Waals surface area contributed by atoms with E-state index >= 15 is 0 Å². The van der Waals surface area contributed by atoms with Crippen molar-refractivity contribution in [1.82, 2.24) is 0 Å². The largest absolute Gasteiger partial charge is 0.491 e. The van der Waals surface area contributed by atoms with E-state index in [0.717, 1.165) is 25.7 Å². The molecule has 2 rings (SSSR count). The van der Waals surface area contributed by atoms with E-state index in [9.17, 15) is 4.39 Å². The van der Waals surface area contributed by atoms with E-state index < -0.39 is 8.32 Å². The maximum absolute atomic E-state index is 12.9. The maximum atomic E-state index is 12.9. The molecule has 0 N–H and O–H groups in total. The maximum Gasteiger partial charge on any atom is 0.269 e. The van der Waals surface area contributed by atoms with Gasteiger partial charge in [0.15, 0.2) is 0 Å². The van der Waals surface area contributed by atoms with Crippen molar-refractivity contribution in [2.45, 2.75) is 71.9 Å². The number of hydrogen-bond donors (Lipinski definition) is 0. The van der Waals surface area contributed by atoms with Crippen LogP contribution in [-0.2, 0) is 9.16 Å². The Morgan fingerprint density at radius 3 is 2.54 bits per heavy atom. The minimum absolute atomic E-state index is 0.00343. The molecule has 1 aromatic rings. The van der Waals surface area contributed by atoms with Crippen LogP contribution in [0.5, 0.6) is 5.75 Å². The van der Waals surface area contributed by atoms with Gasteiger partial charge in [-0.1, -0.05) is 26.3 Å². The second kappa shape index (κ2) is 9.03. The number of benzene rings is 1. The topological polar surface area (TPSA) is 27.7 Å². The number of halogens is 1. The van der Waals surface area contributed by atoms with Crippen LogP contribution in [0.2, 0.25) is 13.1 Å². The summed E-state index contributed by atoms with van der Waals surface area (Å²) in [4.78, 5) is 0. The lowest BCUT2D eigenvalue weighted by Crippen LogP contribution is -2.35. The molecule has 0 amide bonds. The predicted molar refractivity (Wildman–Crippen MR) is 105 cm³/mol. The monoisotopic (exact) mass is 378 g/mol. The van der Waals surface area contributed by atoms with Gasteiger partial charge in [0.2, 0.25) is 0 Å². The van der Waals surface area contributed by atoms with Gasteiger partial charge in [-0.15, -0.1) is 5.92 Å². The zero-order valence-corrected chi connectivity index (χ0v) is 17.6. The van der Waals surface area contributed by atoms with E-state index in [2.05, 4.69) is 45.3 Å². The van der Waals surface area contributed by atoms with E-state index in [1.54, 1.807) is 12.1 Å². The van der Waals surface area contributed by atoms with Crippen molar-refractivity contribution in [2.24, 2.45) is 5.41 Å². The summed E-state index contributed by atoms with van der Waals surface area (Å²) >= 11 is 0. The summed E-state index contributed by atoms with van der Waals surface area (Å²) in [5.74, 6) is 3.68. The van der Waals surface area contributed by atoms with Crippen molar-refractivity contribution in [3.8, 4) is 17.2 Å². The molecule has 1 fully saturated rings. The van der Waals surface area contributed by atoms with Crippen molar-refractivity contribution >= 4 is 8.32 Å². The van der Waals surface area contributed by atoms with Crippen molar-refractivity contribution in [3.05, 3.63) is 30.1 Å². The molecular weight excluding hydrogens is 347 g/mol. The molecular formula is C21H31FO3Si. The highest BCUT2D eigenvalue weighted by atomic mass is 28.4. The van der Waals surface area contributed by atoms with E-state index in [1.807, 2.05) is 0 Å². The lowest BCUT2D eigenvalue weighted by molar-refractivity contribution is -0.0861. The van der Waals surface area contributed by atoms with Crippen molar-refractivity contribution in [1.29, 1.82) is 0 Å². The second-order valence-electron chi connectivity index (χ2n) is 8.52. The minimum Gasteiger partial charge on any atom is -0.491 e. The predicted octanol–water partition coefficient (Wildman–Crippen LogP) is 5.30. The van der Waals surface area contributed by atoms with Crippen molar-refractivity contribution < 1.29 is 18.3 Å². The molecule has 1 aromatic carbocycles. The van der Waals surface area contributed by atoms with Gasteiger partial charge in [-0.3, -0.25) is 0 Å². The van der Waals surface area contributed by atoms with Crippen molar-refractivity contribution in [2.75, 3.05) is 6.61 Å². The van der Waals surface area contributed by atoms with Crippen LogP contribution in [0.25, 0.3) is 0 Å². The molecule has 26 heavy (non-hydrogen) atoms. The van der Waals surface area contributed by atoms with E-state index in [0.29, 0.717) is 17.8 Å². The molecule has 1 aliphatic rings. The zero-order chi connectivity index (χ0) is 19.2. The van der Waals surface area contributed by atoms with Crippen LogP contribution in [0.15, 0.2) is 24.3 Å². The molecule has 2 unspecified atom stereocenters. The van der Waals surface area contributed by atoms with Gasteiger partial charge in [0, 0.05) is 12.8 Å². The SMILES string of the molecule is CC(C)(C)CCC#C[Si](C)(C)OC1CCC(COc2ccc(F)cc2)O1. The second-order valence-corrected chi connectivity index (χ2v) is 12.0. The minimum atomic E-state index is -2.06. The zero-order valence-electron chi connectivity index (χ0n) is 16.6. The first-order valence-electron chi connectivity index (χ1n) is 9.35. The van der Waals surface area contributed by atoms with Gasteiger partial charge in [0.25, 0.3) is 8.32 Å². The summed E-state index contributed by atoms with van der Waals surface area (Å²) in [6.45, 7) is 11.4. The third-order valence-corrected chi connectivity index (χ3v) is 5.76. The van der Waals surface area contributed by atoms with Gasteiger partial charge >= 0.3 is 0 Å². The number of ether oxygens (including phenoxy) is 2. The summed E-state index contributed by atoms with van der Waals surface area (Å²) in [6.07, 6.45) is 3.56. The Hall–Kier alpha value is -1.35. The summed E-state index contributed by atoms with van der Waals surface area (Å²) < 4.78 is 30.7. The first-order valence-corrected chi connectivity index (χ1v) is 12.3. The number of rotatable bonds is 6. The van der Waals surface area contributed by atoms with Crippen LogP contribution >= 0.6 is 0 Å². The van der Waals surface area contributed by atoms with Gasteiger partial charge in [-0.25, -0.2) is 4.39 Å². The fourth-order valence-corrected chi connectivity index (χ4v) is 4.11. The molecule has 0 aromatic heterocycles. The highest BCUT2D eigenvalue weighted by Crippen LogP contribution is 2.25. The van der Waals surface area contributed by atoms with Gasteiger partial charge in [0.1, 0.15) is 24.5 Å². The lowest BCUT2D eigenvalue weighted by atomic mass is 9.91. The molecule has 1 heterocycles. The summed E-state index contributed by atoms with van der Waals surface area (Å²) in [6, 6.07) is 6.04. The van der Waals surface area contributed by atoms with Gasteiger partial charge in [0.05, 0.1) is 6.10 Å². The molecule has 0 saturated carbocycles. The molecule has 0 spiro atoms. The van der Waals surface area contributed by atoms with Crippen LogP contribution in [0.4, 0.5) is 4.39 Å². The number of hydrogen-bond acceptors (Lipinski definition) is 3. The molecule has 1 saturated heterocycles. The molecule has 5 heteroatoms. The average Bonchev–Trinajstić information content (AvgIpc) is 2.97. The van der Waals surface area contributed by atoms with Crippen molar-refractivity contribution in [3.63, 3.8) is 0 Å². The Morgan fingerprint density at radius 1 is 1.19 bits per heavy atom. The Labute approximate surface area is 158 Å². The van der Waals surface area contributed by atoms with Crippen LogP contribution in [-0.4, -0.2) is 27.3 Å².